The largest absolute Gasteiger partial charge is 0.490 e. The normalized spacial score (nSPS) is 15.4. The van der Waals surface area contributed by atoms with Crippen molar-refractivity contribution >= 4 is 12.1 Å². The van der Waals surface area contributed by atoms with Crippen LogP contribution in [0.25, 0.3) is 0 Å². The number of carbonyl (C=O) groups is 1. The van der Waals surface area contributed by atoms with Gasteiger partial charge in [-0.25, -0.2) is 5.43 Å². The lowest BCUT2D eigenvalue weighted by molar-refractivity contribution is -0.122. The van der Waals surface area contributed by atoms with Crippen LogP contribution in [0.3, 0.4) is 0 Å². The summed E-state index contributed by atoms with van der Waals surface area (Å²) in [7, 11) is 0. The number of ether oxygens (including phenoxy) is 2. The summed E-state index contributed by atoms with van der Waals surface area (Å²) in [5.41, 5.74) is 3.43. The lowest BCUT2D eigenvalue weighted by Gasteiger charge is -2.25. The fourth-order valence-electron chi connectivity index (χ4n) is 2.68. The van der Waals surface area contributed by atoms with Gasteiger partial charge in [0.1, 0.15) is 0 Å². The minimum absolute atomic E-state index is 0.0795. The van der Waals surface area contributed by atoms with Crippen LogP contribution in [0.1, 0.15) is 38.7 Å². The number of piperidine rings is 1. The van der Waals surface area contributed by atoms with Gasteiger partial charge in [0.2, 0.25) is 0 Å². The summed E-state index contributed by atoms with van der Waals surface area (Å²) in [6.45, 7) is 7.40. The van der Waals surface area contributed by atoms with Crippen molar-refractivity contribution in [3.05, 3.63) is 23.8 Å². The van der Waals surface area contributed by atoms with Gasteiger partial charge in [-0.2, -0.15) is 5.10 Å². The average Bonchev–Trinajstić information content (AvgIpc) is 2.58. The van der Waals surface area contributed by atoms with Gasteiger partial charge in [0.25, 0.3) is 5.91 Å². The van der Waals surface area contributed by atoms with Gasteiger partial charge in [-0.15, -0.1) is 0 Å². The Kier molecular flexibility index (Phi) is 7.55. The summed E-state index contributed by atoms with van der Waals surface area (Å²) < 4.78 is 11.1. The maximum absolute atomic E-state index is 11.9. The molecule has 2 rings (SSSR count). The molecule has 0 atom stereocenters. The van der Waals surface area contributed by atoms with Gasteiger partial charge in [0, 0.05) is 0 Å². The predicted molar refractivity (Wildman–Crippen MR) is 94.8 cm³/mol. The minimum atomic E-state index is -0.0795. The van der Waals surface area contributed by atoms with E-state index in [0.717, 1.165) is 18.7 Å². The zero-order valence-corrected chi connectivity index (χ0v) is 14.6. The van der Waals surface area contributed by atoms with Crippen molar-refractivity contribution in [2.75, 3.05) is 32.8 Å². The molecule has 0 radical (unpaired) electrons. The lowest BCUT2D eigenvalue weighted by Crippen LogP contribution is -2.38. The molecule has 0 saturated carbocycles. The van der Waals surface area contributed by atoms with E-state index >= 15 is 0 Å². The molecular formula is C18H27N3O3. The Morgan fingerprint density at radius 2 is 1.88 bits per heavy atom. The summed E-state index contributed by atoms with van der Waals surface area (Å²) >= 11 is 0. The van der Waals surface area contributed by atoms with Crippen molar-refractivity contribution in [1.82, 2.24) is 10.3 Å². The fourth-order valence-corrected chi connectivity index (χ4v) is 2.68. The molecule has 1 fully saturated rings. The van der Waals surface area contributed by atoms with Crippen LogP contribution in [0.4, 0.5) is 0 Å². The molecule has 1 N–H and O–H groups in total. The van der Waals surface area contributed by atoms with E-state index in [1.807, 2.05) is 32.0 Å². The highest BCUT2D eigenvalue weighted by Crippen LogP contribution is 2.27. The monoisotopic (exact) mass is 333 g/mol. The number of rotatable bonds is 8. The first-order chi connectivity index (χ1) is 11.7. The van der Waals surface area contributed by atoms with Crippen LogP contribution >= 0.6 is 0 Å². The number of hydrogen-bond acceptors (Lipinski definition) is 5. The van der Waals surface area contributed by atoms with E-state index < -0.39 is 0 Å². The van der Waals surface area contributed by atoms with E-state index in [9.17, 15) is 4.79 Å². The SMILES string of the molecule is CCOc1ccc(/C=N\NC(=O)CN2CCCCC2)cc1OCC. The molecular weight excluding hydrogens is 306 g/mol. The van der Waals surface area contributed by atoms with Gasteiger partial charge in [-0.05, 0) is 63.5 Å². The number of nitrogens with zero attached hydrogens (tertiary/aromatic N) is 2. The van der Waals surface area contributed by atoms with Crippen LogP contribution in [0.2, 0.25) is 0 Å². The second kappa shape index (κ2) is 9.93. The molecule has 1 aromatic carbocycles. The third-order valence-corrected chi connectivity index (χ3v) is 3.79. The molecule has 1 saturated heterocycles. The summed E-state index contributed by atoms with van der Waals surface area (Å²) in [4.78, 5) is 14.1. The molecule has 0 aromatic heterocycles. The quantitative estimate of drug-likeness (QED) is 0.586. The zero-order valence-electron chi connectivity index (χ0n) is 14.6. The van der Waals surface area contributed by atoms with Gasteiger partial charge in [-0.1, -0.05) is 6.42 Å². The van der Waals surface area contributed by atoms with E-state index in [1.54, 1.807) is 6.21 Å². The molecule has 6 heteroatoms. The van der Waals surface area contributed by atoms with Crippen LogP contribution in [0, 0.1) is 0 Å². The number of benzene rings is 1. The van der Waals surface area contributed by atoms with E-state index in [1.165, 1.54) is 19.3 Å². The van der Waals surface area contributed by atoms with E-state index in [4.69, 9.17) is 9.47 Å². The Morgan fingerprint density at radius 3 is 2.58 bits per heavy atom. The first-order valence-electron chi connectivity index (χ1n) is 8.66. The van der Waals surface area contributed by atoms with Crippen LogP contribution in [0.5, 0.6) is 11.5 Å². The fraction of sp³-hybridized carbons (Fsp3) is 0.556. The van der Waals surface area contributed by atoms with Crippen molar-refractivity contribution < 1.29 is 14.3 Å². The number of likely N-dealkylation sites (tertiary alicyclic amines) is 1. The van der Waals surface area contributed by atoms with E-state index in [2.05, 4.69) is 15.4 Å². The maximum Gasteiger partial charge on any atom is 0.254 e. The topological polar surface area (TPSA) is 63.2 Å². The Hall–Kier alpha value is -2.08. The molecule has 24 heavy (non-hydrogen) atoms. The molecule has 1 amide bonds. The van der Waals surface area contributed by atoms with Crippen LogP contribution in [0.15, 0.2) is 23.3 Å². The minimum Gasteiger partial charge on any atom is -0.490 e. The van der Waals surface area contributed by atoms with Crippen LogP contribution in [-0.2, 0) is 4.79 Å². The van der Waals surface area contributed by atoms with Crippen molar-refractivity contribution in [3.63, 3.8) is 0 Å². The summed E-state index contributed by atoms with van der Waals surface area (Å²) in [6.07, 6.45) is 5.22. The second-order valence-corrected chi connectivity index (χ2v) is 5.70. The molecule has 1 aromatic rings. The Morgan fingerprint density at radius 1 is 1.17 bits per heavy atom. The third kappa shape index (κ3) is 5.85. The van der Waals surface area contributed by atoms with Crippen molar-refractivity contribution in [2.45, 2.75) is 33.1 Å². The summed E-state index contributed by atoms with van der Waals surface area (Å²) in [5, 5.41) is 4.04. The highest BCUT2D eigenvalue weighted by Gasteiger charge is 2.13. The molecule has 1 aliphatic rings. The highest BCUT2D eigenvalue weighted by atomic mass is 16.5. The molecule has 1 heterocycles. The predicted octanol–water partition coefficient (Wildman–Crippen LogP) is 2.42. The molecule has 6 nitrogen and oxygen atoms in total. The van der Waals surface area contributed by atoms with Crippen LogP contribution in [-0.4, -0.2) is 49.9 Å². The summed E-state index contributed by atoms with van der Waals surface area (Å²) in [6, 6.07) is 5.59. The number of nitrogens with one attached hydrogen (secondary N) is 1. The molecule has 0 aliphatic carbocycles. The standard InChI is InChI=1S/C18H27N3O3/c1-3-23-16-9-8-15(12-17(16)24-4-2)13-19-20-18(22)14-21-10-6-5-7-11-21/h8-9,12-13H,3-7,10-11,14H2,1-2H3,(H,20,22)/b19-13-. The third-order valence-electron chi connectivity index (χ3n) is 3.79. The molecule has 132 valence electrons. The van der Waals surface area contributed by atoms with E-state index in [0.29, 0.717) is 31.3 Å². The Labute approximate surface area is 143 Å². The molecule has 0 bridgehead atoms. The zero-order chi connectivity index (χ0) is 17.2. The van der Waals surface area contributed by atoms with E-state index in [-0.39, 0.29) is 5.91 Å². The molecule has 0 unspecified atom stereocenters. The van der Waals surface area contributed by atoms with Gasteiger partial charge in [0.05, 0.1) is 26.0 Å². The first-order valence-corrected chi connectivity index (χ1v) is 8.66. The smallest absolute Gasteiger partial charge is 0.254 e. The average molecular weight is 333 g/mol. The van der Waals surface area contributed by atoms with Gasteiger partial charge < -0.3 is 9.47 Å². The first kappa shape index (κ1) is 18.3. The Bertz CT molecular complexity index is 554. The Balaban J connectivity index is 1.88. The van der Waals surface area contributed by atoms with Crippen LogP contribution < -0.4 is 14.9 Å². The van der Waals surface area contributed by atoms with Gasteiger partial charge >= 0.3 is 0 Å². The van der Waals surface area contributed by atoms with Crippen molar-refractivity contribution in [1.29, 1.82) is 0 Å². The number of carbonyl (C=O) groups excluding carboxylic acids is 1. The number of hydrazone groups is 1. The van der Waals surface area contributed by atoms with Gasteiger partial charge in [-0.3, -0.25) is 9.69 Å². The van der Waals surface area contributed by atoms with Crippen molar-refractivity contribution in [3.8, 4) is 11.5 Å². The van der Waals surface area contributed by atoms with Gasteiger partial charge in [0.15, 0.2) is 11.5 Å². The highest BCUT2D eigenvalue weighted by molar-refractivity contribution is 5.83. The lowest BCUT2D eigenvalue weighted by atomic mass is 10.1. The summed E-state index contributed by atoms with van der Waals surface area (Å²) in [5.74, 6) is 1.32. The van der Waals surface area contributed by atoms with Crippen molar-refractivity contribution in [2.24, 2.45) is 5.10 Å². The maximum atomic E-state index is 11.9. The molecule has 1 aliphatic heterocycles. The molecule has 0 spiro atoms. The number of amides is 1. The second-order valence-electron chi connectivity index (χ2n) is 5.70. The number of hydrogen-bond donors (Lipinski definition) is 1.